The highest BCUT2D eigenvalue weighted by atomic mass is 79.9. The number of rotatable bonds is 1. The summed E-state index contributed by atoms with van der Waals surface area (Å²) >= 11 is 3.27. The van der Waals surface area contributed by atoms with Crippen LogP contribution < -0.4 is 0 Å². The number of nitriles is 1. The average Bonchev–Trinajstić information content (AvgIpc) is 2.92. The third-order valence-electron chi connectivity index (χ3n) is 2.73. The normalized spacial score (nSPS) is 17.6. The quantitative estimate of drug-likeness (QED) is 0.752. The van der Waals surface area contributed by atoms with Crippen molar-refractivity contribution in [2.45, 2.75) is 25.2 Å². The lowest BCUT2D eigenvalue weighted by Gasteiger charge is -2.09. The number of halogens is 2. The Kier molecular flexibility index (Phi) is 2.11. The second-order valence-electron chi connectivity index (χ2n) is 3.78. The van der Waals surface area contributed by atoms with Crippen molar-refractivity contribution in [3.05, 3.63) is 33.5 Å². The smallest absolute Gasteiger partial charge is 0.129 e. The molecule has 1 aliphatic rings. The molecule has 72 valence electrons. The van der Waals surface area contributed by atoms with Gasteiger partial charge in [-0.2, -0.15) is 5.26 Å². The van der Waals surface area contributed by atoms with E-state index in [1.807, 2.05) is 6.92 Å². The predicted molar refractivity (Wildman–Crippen MR) is 55.4 cm³/mol. The van der Waals surface area contributed by atoms with Gasteiger partial charge < -0.3 is 0 Å². The molecule has 0 heterocycles. The Balaban J connectivity index is 2.55. The van der Waals surface area contributed by atoms with Gasteiger partial charge in [0.05, 0.1) is 11.5 Å². The lowest BCUT2D eigenvalue weighted by atomic mass is 9.95. The molecule has 0 aliphatic heterocycles. The molecule has 1 aromatic rings. The third kappa shape index (κ3) is 1.34. The maximum Gasteiger partial charge on any atom is 0.129 e. The maximum atomic E-state index is 13.6. The van der Waals surface area contributed by atoms with Crippen molar-refractivity contribution < 1.29 is 4.39 Å². The summed E-state index contributed by atoms with van der Waals surface area (Å²) in [6.45, 7) is 1.90. The van der Waals surface area contributed by atoms with Gasteiger partial charge in [0.2, 0.25) is 0 Å². The van der Waals surface area contributed by atoms with Crippen molar-refractivity contribution in [3.63, 3.8) is 0 Å². The molecule has 0 unspecified atom stereocenters. The minimum Gasteiger partial charge on any atom is -0.207 e. The van der Waals surface area contributed by atoms with Gasteiger partial charge in [0, 0.05) is 10.0 Å². The number of aryl methyl sites for hydroxylation is 1. The zero-order valence-corrected chi connectivity index (χ0v) is 9.36. The summed E-state index contributed by atoms with van der Waals surface area (Å²) in [5, 5.41) is 8.97. The zero-order chi connectivity index (χ0) is 10.3. The highest BCUT2D eigenvalue weighted by Gasteiger charge is 2.46. The molecule has 0 spiro atoms. The SMILES string of the molecule is Cc1cc(C2(C#N)CC2)c(F)cc1Br. The first-order chi connectivity index (χ1) is 6.59. The van der Waals surface area contributed by atoms with E-state index in [1.54, 1.807) is 6.07 Å². The van der Waals surface area contributed by atoms with Crippen LogP contribution in [0, 0.1) is 24.1 Å². The molecule has 1 nitrogen and oxygen atoms in total. The van der Waals surface area contributed by atoms with Crippen LogP contribution in [0.3, 0.4) is 0 Å². The fourth-order valence-electron chi connectivity index (χ4n) is 1.59. The molecular formula is C11H9BrFN. The first-order valence-corrected chi connectivity index (χ1v) is 5.26. The van der Waals surface area contributed by atoms with Crippen molar-refractivity contribution in [3.8, 4) is 6.07 Å². The molecule has 2 rings (SSSR count). The van der Waals surface area contributed by atoms with Crippen LogP contribution in [0.1, 0.15) is 24.0 Å². The van der Waals surface area contributed by atoms with Crippen LogP contribution in [-0.2, 0) is 5.41 Å². The van der Waals surface area contributed by atoms with E-state index in [9.17, 15) is 4.39 Å². The van der Waals surface area contributed by atoms with Gasteiger partial charge in [0.1, 0.15) is 5.82 Å². The van der Waals surface area contributed by atoms with Gasteiger partial charge in [-0.1, -0.05) is 22.0 Å². The van der Waals surface area contributed by atoms with Gasteiger partial charge in [0.15, 0.2) is 0 Å². The molecule has 1 saturated carbocycles. The Morgan fingerprint density at radius 2 is 2.14 bits per heavy atom. The minimum atomic E-state index is -0.532. The van der Waals surface area contributed by atoms with Crippen molar-refractivity contribution in [1.82, 2.24) is 0 Å². The maximum absolute atomic E-state index is 13.6. The highest BCUT2D eigenvalue weighted by molar-refractivity contribution is 9.10. The van der Waals surface area contributed by atoms with E-state index in [0.717, 1.165) is 22.9 Å². The van der Waals surface area contributed by atoms with Crippen molar-refractivity contribution in [1.29, 1.82) is 5.26 Å². The first kappa shape index (κ1) is 9.67. The molecule has 0 amide bonds. The van der Waals surface area contributed by atoms with Crippen molar-refractivity contribution in [2.24, 2.45) is 0 Å². The Bertz CT molecular complexity index is 430. The highest BCUT2D eigenvalue weighted by Crippen LogP contribution is 2.49. The first-order valence-electron chi connectivity index (χ1n) is 4.46. The topological polar surface area (TPSA) is 23.8 Å². The second-order valence-corrected chi connectivity index (χ2v) is 4.63. The van der Waals surface area contributed by atoms with E-state index in [-0.39, 0.29) is 5.82 Å². The van der Waals surface area contributed by atoms with E-state index in [1.165, 1.54) is 6.07 Å². The lowest BCUT2D eigenvalue weighted by molar-refractivity contribution is 0.598. The van der Waals surface area contributed by atoms with Crippen molar-refractivity contribution >= 4 is 15.9 Å². The largest absolute Gasteiger partial charge is 0.207 e. The lowest BCUT2D eigenvalue weighted by Crippen LogP contribution is -2.06. The average molecular weight is 254 g/mol. The Hall–Kier alpha value is -0.880. The number of hydrogen-bond donors (Lipinski definition) is 0. The van der Waals surface area contributed by atoms with Gasteiger partial charge in [-0.25, -0.2) is 4.39 Å². The molecule has 0 N–H and O–H groups in total. The molecule has 1 fully saturated rings. The summed E-state index contributed by atoms with van der Waals surface area (Å²) in [5.74, 6) is -0.276. The minimum absolute atomic E-state index is 0.276. The molecule has 0 aromatic heterocycles. The van der Waals surface area contributed by atoms with Crippen LogP contribution in [0.4, 0.5) is 4.39 Å². The van der Waals surface area contributed by atoms with Crippen LogP contribution in [0.5, 0.6) is 0 Å². The van der Waals surface area contributed by atoms with Gasteiger partial charge in [-0.3, -0.25) is 0 Å². The Morgan fingerprint density at radius 1 is 1.50 bits per heavy atom. The fraction of sp³-hybridized carbons (Fsp3) is 0.364. The molecule has 0 bridgehead atoms. The molecule has 0 saturated heterocycles. The summed E-state index contributed by atoms with van der Waals surface area (Å²) in [5.41, 5.74) is 0.999. The van der Waals surface area contributed by atoms with Gasteiger partial charge in [0.25, 0.3) is 0 Å². The van der Waals surface area contributed by atoms with Gasteiger partial charge in [-0.05, 0) is 31.4 Å². The van der Waals surface area contributed by atoms with Crippen LogP contribution in [0.2, 0.25) is 0 Å². The van der Waals surface area contributed by atoms with Crippen molar-refractivity contribution in [2.75, 3.05) is 0 Å². The molecule has 1 aromatic carbocycles. The van der Waals surface area contributed by atoms with E-state index in [4.69, 9.17) is 5.26 Å². The van der Waals surface area contributed by atoms with E-state index < -0.39 is 5.41 Å². The summed E-state index contributed by atoms with van der Waals surface area (Å²) in [6.07, 6.45) is 1.56. The van der Waals surface area contributed by atoms with E-state index >= 15 is 0 Å². The molecule has 14 heavy (non-hydrogen) atoms. The standard InChI is InChI=1S/C11H9BrFN/c1-7-4-8(10(13)5-9(7)12)11(6-14)2-3-11/h4-5H,2-3H2,1H3. The van der Waals surface area contributed by atoms with Crippen LogP contribution in [0.25, 0.3) is 0 Å². The zero-order valence-electron chi connectivity index (χ0n) is 7.77. The van der Waals surface area contributed by atoms with E-state index in [0.29, 0.717) is 5.56 Å². The number of benzene rings is 1. The monoisotopic (exact) mass is 253 g/mol. The number of hydrogen-bond acceptors (Lipinski definition) is 1. The summed E-state index contributed by atoms with van der Waals surface area (Å²) < 4.78 is 14.3. The van der Waals surface area contributed by atoms with Crippen LogP contribution in [-0.4, -0.2) is 0 Å². The molecule has 1 aliphatic carbocycles. The Morgan fingerprint density at radius 3 is 2.64 bits per heavy atom. The van der Waals surface area contributed by atoms with Gasteiger partial charge in [-0.15, -0.1) is 0 Å². The summed E-state index contributed by atoms with van der Waals surface area (Å²) in [7, 11) is 0. The van der Waals surface area contributed by atoms with Crippen LogP contribution in [0.15, 0.2) is 16.6 Å². The summed E-state index contributed by atoms with van der Waals surface area (Å²) in [4.78, 5) is 0. The second kappa shape index (κ2) is 3.06. The van der Waals surface area contributed by atoms with E-state index in [2.05, 4.69) is 22.0 Å². The summed E-state index contributed by atoms with van der Waals surface area (Å²) in [6, 6.07) is 5.42. The number of nitrogens with zero attached hydrogens (tertiary/aromatic N) is 1. The molecular weight excluding hydrogens is 245 g/mol. The fourth-order valence-corrected chi connectivity index (χ4v) is 1.91. The predicted octanol–water partition coefficient (Wildman–Crippen LogP) is 3.45. The molecule has 0 atom stereocenters. The van der Waals surface area contributed by atoms with Gasteiger partial charge >= 0.3 is 0 Å². The molecule has 3 heteroatoms. The van der Waals surface area contributed by atoms with Crippen LogP contribution >= 0.6 is 15.9 Å². The Labute approximate surface area is 90.7 Å². The molecule has 0 radical (unpaired) electrons. The third-order valence-corrected chi connectivity index (χ3v) is 3.58.